The maximum atomic E-state index is 11.8. The van der Waals surface area contributed by atoms with Crippen LogP contribution in [-0.2, 0) is 4.79 Å². The molecule has 1 saturated carbocycles. The van der Waals surface area contributed by atoms with E-state index in [9.17, 15) is 4.79 Å². The molecule has 1 aliphatic rings. The highest BCUT2D eigenvalue weighted by molar-refractivity contribution is 7.09. The van der Waals surface area contributed by atoms with Gasteiger partial charge >= 0.3 is 0 Å². The first-order valence-corrected chi connectivity index (χ1v) is 7.37. The van der Waals surface area contributed by atoms with Crippen molar-refractivity contribution < 1.29 is 4.79 Å². The summed E-state index contributed by atoms with van der Waals surface area (Å²) >= 11 is 1.39. The third kappa shape index (κ3) is 3.41. The van der Waals surface area contributed by atoms with Gasteiger partial charge in [-0.15, -0.1) is 0 Å². The molecule has 1 amide bonds. The second-order valence-electron chi connectivity index (χ2n) is 4.47. The quantitative estimate of drug-likeness (QED) is 0.822. The van der Waals surface area contributed by atoms with Gasteiger partial charge < -0.3 is 10.2 Å². The van der Waals surface area contributed by atoms with Gasteiger partial charge in [0.15, 0.2) is 0 Å². The average Bonchev–Trinajstić information content (AvgIpc) is 3.11. The Kier molecular flexibility index (Phi) is 4.52. The first kappa shape index (κ1) is 13.3. The molecule has 0 atom stereocenters. The number of amides is 1. The molecule has 100 valence electrons. The zero-order chi connectivity index (χ0) is 13.0. The fraction of sp³-hybridized carbons (Fsp3) is 0.750. The fourth-order valence-electron chi connectivity index (χ4n) is 1.82. The van der Waals surface area contributed by atoms with E-state index in [4.69, 9.17) is 0 Å². The van der Waals surface area contributed by atoms with Gasteiger partial charge in [0.25, 0.3) is 0 Å². The zero-order valence-corrected chi connectivity index (χ0v) is 11.8. The molecule has 0 saturated heterocycles. The molecule has 0 bridgehead atoms. The van der Waals surface area contributed by atoms with Crippen molar-refractivity contribution in [1.82, 2.24) is 14.3 Å². The van der Waals surface area contributed by atoms with Crippen LogP contribution in [0, 0.1) is 0 Å². The number of hydrogen-bond donors (Lipinski definition) is 1. The summed E-state index contributed by atoms with van der Waals surface area (Å²) in [6.07, 6.45) is 2.95. The smallest absolute Gasteiger partial charge is 0.224 e. The molecule has 18 heavy (non-hydrogen) atoms. The van der Waals surface area contributed by atoms with E-state index >= 15 is 0 Å². The Morgan fingerprint density at radius 2 is 2.17 bits per heavy atom. The number of nitrogens with one attached hydrogen (secondary N) is 1. The lowest BCUT2D eigenvalue weighted by atomic mass is 10.3. The van der Waals surface area contributed by atoms with Crippen LogP contribution in [0.3, 0.4) is 0 Å². The van der Waals surface area contributed by atoms with Gasteiger partial charge in [-0.2, -0.15) is 4.37 Å². The standard InChI is InChI=1S/C12H20N4OS/c1-3-16(4-2)10(17)7-8-13-12-14-11(15-18-12)9-5-6-9/h9H,3-8H2,1-2H3,(H,13,14,15). The summed E-state index contributed by atoms with van der Waals surface area (Å²) in [5.74, 6) is 1.76. The molecule has 1 aromatic heterocycles. The van der Waals surface area contributed by atoms with Gasteiger partial charge in [-0.3, -0.25) is 4.79 Å². The van der Waals surface area contributed by atoms with Gasteiger partial charge in [0.05, 0.1) is 0 Å². The van der Waals surface area contributed by atoms with Crippen LogP contribution >= 0.6 is 11.5 Å². The van der Waals surface area contributed by atoms with Gasteiger partial charge in [-0.05, 0) is 26.7 Å². The Bertz CT molecular complexity index is 399. The van der Waals surface area contributed by atoms with Crippen molar-refractivity contribution in [2.45, 2.75) is 39.0 Å². The number of nitrogens with zero attached hydrogens (tertiary/aromatic N) is 3. The van der Waals surface area contributed by atoms with Crippen LogP contribution in [0.15, 0.2) is 0 Å². The molecule has 1 heterocycles. The predicted molar refractivity (Wildman–Crippen MR) is 72.9 cm³/mol. The highest BCUT2D eigenvalue weighted by Crippen LogP contribution is 2.39. The number of aromatic nitrogens is 2. The van der Waals surface area contributed by atoms with Gasteiger partial charge in [-0.1, -0.05) is 0 Å². The van der Waals surface area contributed by atoms with E-state index in [0.717, 1.165) is 24.0 Å². The van der Waals surface area contributed by atoms with E-state index in [-0.39, 0.29) is 5.91 Å². The van der Waals surface area contributed by atoms with Crippen LogP contribution in [0.4, 0.5) is 5.13 Å². The maximum absolute atomic E-state index is 11.8. The van der Waals surface area contributed by atoms with Gasteiger partial charge in [0, 0.05) is 43.5 Å². The van der Waals surface area contributed by atoms with E-state index in [1.807, 2.05) is 18.7 Å². The monoisotopic (exact) mass is 268 g/mol. The zero-order valence-electron chi connectivity index (χ0n) is 11.0. The molecule has 0 radical (unpaired) electrons. The molecule has 0 unspecified atom stereocenters. The number of anilines is 1. The Labute approximate surface area is 112 Å². The van der Waals surface area contributed by atoms with Crippen molar-refractivity contribution in [2.24, 2.45) is 0 Å². The number of carbonyl (C=O) groups is 1. The van der Waals surface area contributed by atoms with Gasteiger partial charge in [0.1, 0.15) is 5.82 Å². The van der Waals surface area contributed by atoms with E-state index in [1.165, 1.54) is 24.4 Å². The summed E-state index contributed by atoms with van der Waals surface area (Å²) < 4.78 is 4.32. The molecular weight excluding hydrogens is 248 g/mol. The number of hydrogen-bond acceptors (Lipinski definition) is 5. The summed E-state index contributed by atoms with van der Waals surface area (Å²) in [7, 11) is 0. The van der Waals surface area contributed by atoms with Crippen LogP contribution in [0.25, 0.3) is 0 Å². The molecule has 1 aromatic rings. The van der Waals surface area contributed by atoms with Crippen LogP contribution < -0.4 is 5.32 Å². The first-order valence-electron chi connectivity index (χ1n) is 6.59. The van der Waals surface area contributed by atoms with E-state index in [0.29, 0.717) is 18.9 Å². The average molecular weight is 268 g/mol. The third-order valence-corrected chi connectivity index (χ3v) is 3.80. The Morgan fingerprint density at radius 1 is 1.44 bits per heavy atom. The molecule has 0 spiro atoms. The summed E-state index contributed by atoms with van der Waals surface area (Å²) in [4.78, 5) is 18.0. The molecular formula is C12H20N4OS. The van der Waals surface area contributed by atoms with Crippen LogP contribution in [-0.4, -0.2) is 39.8 Å². The lowest BCUT2D eigenvalue weighted by Crippen LogP contribution is -2.31. The second kappa shape index (κ2) is 6.13. The van der Waals surface area contributed by atoms with Crippen molar-refractivity contribution >= 4 is 22.6 Å². The van der Waals surface area contributed by atoms with Gasteiger partial charge in [0.2, 0.25) is 11.0 Å². The Hall–Kier alpha value is -1.17. The topological polar surface area (TPSA) is 58.1 Å². The molecule has 6 heteroatoms. The highest BCUT2D eigenvalue weighted by atomic mass is 32.1. The number of carbonyl (C=O) groups excluding carboxylic acids is 1. The molecule has 1 aliphatic carbocycles. The van der Waals surface area contributed by atoms with Gasteiger partial charge in [-0.25, -0.2) is 4.98 Å². The summed E-state index contributed by atoms with van der Waals surface area (Å²) in [5.41, 5.74) is 0. The summed E-state index contributed by atoms with van der Waals surface area (Å²) in [6.45, 7) is 6.19. The molecule has 1 fully saturated rings. The summed E-state index contributed by atoms with van der Waals surface area (Å²) in [6, 6.07) is 0. The minimum absolute atomic E-state index is 0.194. The van der Waals surface area contributed by atoms with Crippen molar-refractivity contribution in [2.75, 3.05) is 25.0 Å². The molecule has 0 aromatic carbocycles. The van der Waals surface area contributed by atoms with E-state index in [1.54, 1.807) is 0 Å². The minimum Gasteiger partial charge on any atom is -0.360 e. The fourth-order valence-corrected chi connectivity index (χ4v) is 2.50. The maximum Gasteiger partial charge on any atom is 0.224 e. The van der Waals surface area contributed by atoms with Crippen molar-refractivity contribution in [1.29, 1.82) is 0 Å². The largest absolute Gasteiger partial charge is 0.360 e. The Morgan fingerprint density at radius 3 is 2.78 bits per heavy atom. The molecule has 2 rings (SSSR count). The number of rotatable bonds is 7. The molecule has 0 aliphatic heterocycles. The minimum atomic E-state index is 0.194. The lowest BCUT2D eigenvalue weighted by Gasteiger charge is -2.18. The lowest BCUT2D eigenvalue weighted by molar-refractivity contribution is -0.130. The predicted octanol–water partition coefficient (Wildman–Crippen LogP) is 2.09. The summed E-state index contributed by atoms with van der Waals surface area (Å²) in [5, 5.41) is 4.02. The SMILES string of the molecule is CCN(CC)C(=O)CCNc1nc(C2CC2)ns1. The van der Waals surface area contributed by atoms with Crippen molar-refractivity contribution in [3.05, 3.63) is 5.82 Å². The highest BCUT2D eigenvalue weighted by Gasteiger charge is 2.27. The Balaban J connectivity index is 1.72. The first-order chi connectivity index (χ1) is 8.74. The molecule has 1 N–H and O–H groups in total. The van der Waals surface area contributed by atoms with E-state index < -0.39 is 0 Å². The van der Waals surface area contributed by atoms with Crippen LogP contribution in [0.5, 0.6) is 0 Å². The molecule has 5 nitrogen and oxygen atoms in total. The van der Waals surface area contributed by atoms with Crippen molar-refractivity contribution in [3.63, 3.8) is 0 Å². The third-order valence-electron chi connectivity index (χ3n) is 3.12. The normalized spacial score (nSPS) is 14.6. The van der Waals surface area contributed by atoms with Crippen molar-refractivity contribution in [3.8, 4) is 0 Å². The van der Waals surface area contributed by atoms with Crippen LogP contribution in [0.1, 0.15) is 44.9 Å². The second-order valence-corrected chi connectivity index (χ2v) is 5.23. The van der Waals surface area contributed by atoms with E-state index in [2.05, 4.69) is 14.7 Å². The van der Waals surface area contributed by atoms with Crippen LogP contribution in [0.2, 0.25) is 0 Å².